The first-order chi connectivity index (χ1) is 12.8. The predicted molar refractivity (Wildman–Crippen MR) is 105 cm³/mol. The number of barbiturate groups is 1. The van der Waals surface area contributed by atoms with Crippen LogP contribution in [0.5, 0.6) is 0 Å². The summed E-state index contributed by atoms with van der Waals surface area (Å²) in [7, 11) is 0. The number of rotatable bonds is 3. The first kappa shape index (κ1) is 18.7. The summed E-state index contributed by atoms with van der Waals surface area (Å²) in [6.45, 7) is 1.85. The lowest BCUT2D eigenvalue weighted by molar-refractivity contribution is -0.124. The molecule has 2 heterocycles. The molecule has 27 heavy (non-hydrogen) atoms. The van der Waals surface area contributed by atoms with E-state index >= 15 is 0 Å². The lowest BCUT2D eigenvalue weighted by Crippen LogP contribution is -2.52. The molecule has 0 spiro atoms. The highest BCUT2D eigenvalue weighted by atomic mass is 32.2. The van der Waals surface area contributed by atoms with Crippen molar-refractivity contribution in [2.75, 3.05) is 0 Å². The molecule has 2 aliphatic heterocycles. The summed E-state index contributed by atoms with van der Waals surface area (Å²) in [4.78, 5) is 48.7. The molecule has 0 bridgehead atoms. The Morgan fingerprint density at radius 2 is 1.70 bits per heavy atom. The van der Waals surface area contributed by atoms with Gasteiger partial charge < -0.3 is 0 Å². The van der Waals surface area contributed by atoms with E-state index in [9.17, 15) is 19.2 Å². The number of carbonyl (C=O) groups excluding carboxylic acids is 4. The fourth-order valence-corrected chi connectivity index (χ4v) is 3.63. The van der Waals surface area contributed by atoms with E-state index in [-0.39, 0.29) is 9.89 Å². The van der Waals surface area contributed by atoms with Crippen molar-refractivity contribution in [3.8, 4) is 0 Å². The highest BCUT2D eigenvalue weighted by molar-refractivity contribution is 8.26. The third-order valence-corrected chi connectivity index (χ3v) is 4.91. The Kier molecular flexibility index (Phi) is 5.33. The number of hydrogen-bond acceptors (Lipinski definition) is 6. The van der Waals surface area contributed by atoms with Crippen LogP contribution in [-0.4, -0.2) is 33.0 Å². The highest BCUT2D eigenvalue weighted by Crippen LogP contribution is 2.32. The van der Waals surface area contributed by atoms with Gasteiger partial charge in [-0.1, -0.05) is 60.4 Å². The molecule has 9 heteroatoms. The molecule has 0 unspecified atom stereocenters. The molecule has 2 saturated heterocycles. The smallest absolute Gasteiger partial charge is 0.273 e. The maximum atomic E-state index is 12.6. The fraction of sp³-hybridized carbons (Fsp3) is 0.0556. The molecule has 2 fully saturated rings. The van der Waals surface area contributed by atoms with Gasteiger partial charge in [0.25, 0.3) is 17.7 Å². The number of thioether (sulfide) groups is 1. The van der Waals surface area contributed by atoms with Gasteiger partial charge in [0, 0.05) is 6.20 Å². The monoisotopic (exact) mass is 399 g/mol. The van der Waals surface area contributed by atoms with Crippen LogP contribution in [0.2, 0.25) is 0 Å². The van der Waals surface area contributed by atoms with E-state index in [0.29, 0.717) is 4.91 Å². The zero-order valence-electron chi connectivity index (χ0n) is 14.0. The maximum absolute atomic E-state index is 12.6. The second kappa shape index (κ2) is 7.68. The number of nitrogens with one attached hydrogen (secondary N) is 2. The molecule has 2 aliphatic rings. The van der Waals surface area contributed by atoms with E-state index in [0.717, 1.165) is 34.0 Å². The van der Waals surface area contributed by atoms with Crippen molar-refractivity contribution < 1.29 is 19.2 Å². The van der Waals surface area contributed by atoms with Crippen LogP contribution >= 0.6 is 24.0 Å². The summed E-state index contributed by atoms with van der Waals surface area (Å²) >= 11 is 6.24. The van der Waals surface area contributed by atoms with Crippen molar-refractivity contribution in [2.24, 2.45) is 0 Å². The topological polar surface area (TPSA) is 95.6 Å². The average Bonchev–Trinajstić information content (AvgIpc) is 2.85. The van der Waals surface area contributed by atoms with Gasteiger partial charge in [-0.05, 0) is 24.1 Å². The van der Waals surface area contributed by atoms with E-state index in [1.54, 1.807) is 6.08 Å². The number of hydrogen-bond donors (Lipinski definition) is 2. The van der Waals surface area contributed by atoms with Crippen molar-refractivity contribution in [3.05, 3.63) is 64.2 Å². The van der Waals surface area contributed by atoms with Gasteiger partial charge >= 0.3 is 6.03 Å². The van der Waals surface area contributed by atoms with E-state index < -0.39 is 23.8 Å². The van der Waals surface area contributed by atoms with Gasteiger partial charge in [-0.3, -0.25) is 29.9 Å². The third kappa shape index (κ3) is 4.21. The molecular weight excluding hydrogens is 386 g/mol. The molecular formula is C18H13N3O4S2. The maximum Gasteiger partial charge on any atom is 0.328 e. The van der Waals surface area contributed by atoms with Crippen LogP contribution < -0.4 is 10.6 Å². The molecule has 5 amide bonds. The number of benzene rings is 1. The molecule has 2 N–H and O–H groups in total. The minimum absolute atomic E-state index is 0.184. The van der Waals surface area contributed by atoms with Gasteiger partial charge in [0.05, 0.1) is 4.91 Å². The number of thiocarbonyl (C=S) groups is 1. The van der Waals surface area contributed by atoms with Crippen LogP contribution in [-0.2, 0) is 14.4 Å². The van der Waals surface area contributed by atoms with Crippen molar-refractivity contribution in [1.29, 1.82) is 0 Å². The number of carbonyl (C=O) groups is 4. The van der Waals surface area contributed by atoms with Gasteiger partial charge in [0.15, 0.2) is 4.32 Å². The average molecular weight is 399 g/mol. The van der Waals surface area contributed by atoms with E-state index in [4.69, 9.17) is 12.2 Å². The summed E-state index contributed by atoms with van der Waals surface area (Å²) in [6, 6.07) is 8.71. The molecule has 7 nitrogen and oxygen atoms in total. The van der Waals surface area contributed by atoms with E-state index in [1.807, 2.05) is 54.0 Å². The van der Waals surface area contributed by atoms with E-state index in [1.165, 1.54) is 0 Å². The minimum Gasteiger partial charge on any atom is -0.273 e. The minimum atomic E-state index is -0.908. The first-order valence-electron chi connectivity index (χ1n) is 7.74. The lowest BCUT2D eigenvalue weighted by Gasteiger charge is -2.16. The van der Waals surface area contributed by atoms with E-state index in [2.05, 4.69) is 0 Å². The normalized spacial score (nSPS) is 19.5. The number of imide groups is 2. The van der Waals surface area contributed by atoms with Crippen LogP contribution in [0.4, 0.5) is 4.79 Å². The largest absolute Gasteiger partial charge is 0.328 e. The Morgan fingerprint density at radius 3 is 2.33 bits per heavy atom. The standard InChI is InChI=1S/C18H13N3O4S2/c1-10(7-11-5-3-2-4-6-11)8-13-16(24)21(18(26)27-13)9-12-14(22)19-17(25)20-15(12)23/h2-9H,1H3,(H2,19,20,22,23,25). The first-order valence-corrected chi connectivity index (χ1v) is 8.96. The molecule has 1 aromatic carbocycles. The highest BCUT2D eigenvalue weighted by Gasteiger charge is 2.35. The second-order valence-corrected chi connectivity index (χ2v) is 7.31. The Labute approximate surface area is 164 Å². The van der Waals surface area contributed by atoms with Gasteiger partial charge in [-0.25, -0.2) is 4.79 Å². The Balaban J connectivity index is 1.84. The van der Waals surface area contributed by atoms with Crippen LogP contribution in [0.15, 0.2) is 58.7 Å². The summed E-state index contributed by atoms with van der Waals surface area (Å²) in [5.74, 6) is -2.22. The van der Waals surface area contributed by atoms with Crippen molar-refractivity contribution in [2.45, 2.75) is 6.92 Å². The Bertz CT molecular complexity index is 942. The SMILES string of the molecule is CC(=Cc1ccccc1)C=C1SC(=S)N(C=C2C(=O)NC(=O)NC2=O)C1=O. The van der Waals surface area contributed by atoms with Gasteiger partial charge in [-0.15, -0.1) is 0 Å². The number of nitrogens with zero attached hydrogens (tertiary/aromatic N) is 1. The summed E-state index contributed by atoms with van der Waals surface area (Å²) < 4.78 is 0.184. The molecule has 0 aromatic heterocycles. The third-order valence-electron chi connectivity index (χ3n) is 3.58. The van der Waals surface area contributed by atoms with Crippen molar-refractivity contribution in [3.63, 3.8) is 0 Å². The quantitative estimate of drug-likeness (QED) is 0.459. The second-order valence-electron chi connectivity index (χ2n) is 5.63. The Hall–Kier alpha value is -3.04. The van der Waals surface area contributed by atoms with Crippen molar-refractivity contribution >= 4 is 58.1 Å². The fourth-order valence-electron chi connectivity index (χ4n) is 2.37. The van der Waals surface area contributed by atoms with Gasteiger partial charge in [-0.2, -0.15) is 0 Å². The lowest BCUT2D eigenvalue weighted by atomic mass is 10.1. The molecule has 0 saturated carbocycles. The van der Waals surface area contributed by atoms with Crippen LogP contribution in [0.1, 0.15) is 12.5 Å². The summed E-state index contributed by atoms with van der Waals surface area (Å²) in [5.41, 5.74) is 1.46. The summed E-state index contributed by atoms with van der Waals surface area (Å²) in [6.07, 6.45) is 4.65. The Morgan fingerprint density at radius 1 is 1.07 bits per heavy atom. The zero-order chi connectivity index (χ0) is 19.6. The van der Waals surface area contributed by atoms with Crippen molar-refractivity contribution in [1.82, 2.24) is 15.5 Å². The van der Waals surface area contributed by atoms with Crippen LogP contribution in [0, 0.1) is 0 Å². The van der Waals surface area contributed by atoms with Crippen LogP contribution in [0.3, 0.4) is 0 Å². The molecule has 1 aromatic rings. The molecule has 0 radical (unpaired) electrons. The van der Waals surface area contributed by atoms with Gasteiger partial charge in [0.1, 0.15) is 5.57 Å². The molecule has 0 aliphatic carbocycles. The molecule has 0 atom stereocenters. The predicted octanol–water partition coefficient (Wildman–Crippen LogP) is 2.08. The van der Waals surface area contributed by atoms with Gasteiger partial charge in [0.2, 0.25) is 0 Å². The molecule has 3 rings (SSSR count). The van der Waals surface area contributed by atoms with Crippen LogP contribution in [0.25, 0.3) is 6.08 Å². The summed E-state index contributed by atoms with van der Waals surface area (Å²) in [5, 5.41) is 3.89. The number of amides is 5. The molecule has 136 valence electrons. The zero-order valence-corrected chi connectivity index (χ0v) is 15.6. The number of allylic oxidation sites excluding steroid dienone is 2. The number of urea groups is 1.